The molecule has 0 saturated heterocycles. The second-order valence-corrected chi connectivity index (χ2v) is 5.95. The quantitative estimate of drug-likeness (QED) is 0.642. The van der Waals surface area contributed by atoms with Gasteiger partial charge in [0.25, 0.3) is 5.91 Å². The molecule has 29 heavy (non-hydrogen) atoms. The molecule has 0 atom stereocenters. The van der Waals surface area contributed by atoms with Crippen LogP contribution in [0.1, 0.15) is 36.5 Å². The predicted molar refractivity (Wildman–Crippen MR) is 104 cm³/mol. The topological polar surface area (TPSA) is 87.6 Å². The first-order valence-corrected chi connectivity index (χ1v) is 8.90. The third-order valence-corrected chi connectivity index (χ3v) is 3.59. The van der Waals surface area contributed by atoms with E-state index < -0.39 is 23.1 Å². The molecule has 154 valence electrons. The van der Waals surface area contributed by atoms with E-state index >= 15 is 0 Å². The normalized spacial score (nSPS) is 10.1. The zero-order valence-corrected chi connectivity index (χ0v) is 16.4. The summed E-state index contributed by atoms with van der Waals surface area (Å²) in [4.78, 5) is 15.4. The summed E-state index contributed by atoms with van der Waals surface area (Å²) < 4.78 is 43.1. The van der Waals surface area contributed by atoms with E-state index in [-0.39, 0.29) is 18.2 Å². The lowest BCUT2D eigenvalue weighted by molar-refractivity contribution is 0.0991. The zero-order chi connectivity index (χ0) is 21.4. The number of ether oxygens (including phenoxy) is 2. The third kappa shape index (κ3) is 5.54. The SMILES string of the molecule is CCC.COc1ccc(-c2coc(COc3ccc(F)c(C(N)=O)c3F)n2)cc1. The highest BCUT2D eigenvalue weighted by molar-refractivity contribution is 5.93. The van der Waals surface area contributed by atoms with Crippen molar-refractivity contribution in [2.24, 2.45) is 5.73 Å². The molecule has 0 aliphatic heterocycles. The maximum Gasteiger partial charge on any atom is 0.254 e. The molecule has 1 aromatic heterocycles. The summed E-state index contributed by atoms with van der Waals surface area (Å²) in [5.74, 6) is -2.88. The van der Waals surface area contributed by atoms with Crippen LogP contribution in [0.2, 0.25) is 0 Å². The Morgan fingerprint density at radius 2 is 1.79 bits per heavy atom. The van der Waals surface area contributed by atoms with Crippen molar-refractivity contribution < 1.29 is 27.5 Å². The lowest BCUT2D eigenvalue weighted by atomic mass is 10.1. The maximum atomic E-state index is 14.1. The summed E-state index contributed by atoms with van der Waals surface area (Å²) in [7, 11) is 1.57. The monoisotopic (exact) mass is 404 g/mol. The molecule has 1 amide bonds. The van der Waals surface area contributed by atoms with E-state index in [4.69, 9.17) is 19.6 Å². The first kappa shape index (κ1) is 21.9. The Labute approximate surface area is 167 Å². The van der Waals surface area contributed by atoms with Crippen molar-refractivity contribution in [1.82, 2.24) is 4.98 Å². The lowest BCUT2D eigenvalue weighted by Crippen LogP contribution is -2.16. The number of primary amides is 1. The molecular weight excluding hydrogens is 382 g/mol. The van der Waals surface area contributed by atoms with Crippen molar-refractivity contribution >= 4 is 5.91 Å². The molecule has 0 aliphatic carbocycles. The van der Waals surface area contributed by atoms with Crippen LogP contribution in [-0.4, -0.2) is 18.0 Å². The van der Waals surface area contributed by atoms with Crippen LogP contribution in [0.5, 0.6) is 11.5 Å². The molecule has 3 aromatic rings. The van der Waals surface area contributed by atoms with E-state index in [0.717, 1.165) is 17.7 Å². The second kappa shape index (κ2) is 10.2. The van der Waals surface area contributed by atoms with Gasteiger partial charge in [-0.05, 0) is 36.4 Å². The number of hydrogen-bond donors (Lipinski definition) is 1. The first-order valence-electron chi connectivity index (χ1n) is 8.90. The minimum atomic E-state index is -1.22. The summed E-state index contributed by atoms with van der Waals surface area (Å²) in [6.07, 6.45) is 2.68. The summed E-state index contributed by atoms with van der Waals surface area (Å²) in [6.45, 7) is 4.04. The standard InChI is InChI=1S/C18H14F2N2O4.C3H8/c1-24-11-4-2-10(3-5-11)13-8-26-15(22-13)9-25-14-7-6-12(19)16(17(14)20)18(21)23;1-3-2/h2-8H,9H2,1H3,(H2,21,23);3H2,1-2H3. The van der Waals surface area contributed by atoms with Crippen LogP contribution in [0, 0.1) is 11.6 Å². The summed E-state index contributed by atoms with van der Waals surface area (Å²) >= 11 is 0. The molecule has 2 aromatic carbocycles. The number of aromatic nitrogens is 1. The molecule has 1 heterocycles. The number of oxazole rings is 1. The minimum absolute atomic E-state index is 0.181. The highest BCUT2D eigenvalue weighted by atomic mass is 19.1. The fourth-order valence-electron chi connectivity index (χ4n) is 2.28. The average Bonchev–Trinajstić information content (AvgIpc) is 3.17. The van der Waals surface area contributed by atoms with E-state index in [2.05, 4.69) is 18.8 Å². The lowest BCUT2D eigenvalue weighted by Gasteiger charge is -2.08. The number of benzene rings is 2. The Morgan fingerprint density at radius 3 is 2.38 bits per heavy atom. The van der Waals surface area contributed by atoms with Crippen molar-refractivity contribution in [3.05, 3.63) is 65.7 Å². The van der Waals surface area contributed by atoms with Crippen LogP contribution >= 0.6 is 0 Å². The third-order valence-electron chi connectivity index (χ3n) is 3.59. The Kier molecular flexibility index (Phi) is 7.70. The van der Waals surface area contributed by atoms with Crippen LogP contribution in [0.4, 0.5) is 8.78 Å². The number of carbonyl (C=O) groups is 1. The van der Waals surface area contributed by atoms with Gasteiger partial charge in [0, 0.05) is 5.56 Å². The largest absolute Gasteiger partial charge is 0.497 e. The number of nitrogens with two attached hydrogens (primary N) is 1. The molecule has 6 nitrogen and oxygen atoms in total. The average molecular weight is 404 g/mol. The van der Waals surface area contributed by atoms with Gasteiger partial charge >= 0.3 is 0 Å². The zero-order valence-electron chi connectivity index (χ0n) is 16.4. The van der Waals surface area contributed by atoms with Crippen LogP contribution in [0.25, 0.3) is 11.3 Å². The van der Waals surface area contributed by atoms with E-state index in [1.54, 1.807) is 31.4 Å². The van der Waals surface area contributed by atoms with Gasteiger partial charge in [0.15, 0.2) is 18.2 Å². The van der Waals surface area contributed by atoms with Crippen molar-refractivity contribution in [2.45, 2.75) is 26.9 Å². The molecule has 0 spiro atoms. The van der Waals surface area contributed by atoms with Gasteiger partial charge in [-0.15, -0.1) is 0 Å². The van der Waals surface area contributed by atoms with Gasteiger partial charge in [-0.25, -0.2) is 13.8 Å². The number of hydrogen-bond acceptors (Lipinski definition) is 5. The van der Waals surface area contributed by atoms with E-state index in [0.29, 0.717) is 11.4 Å². The number of nitrogens with zero attached hydrogens (tertiary/aromatic N) is 1. The fourth-order valence-corrected chi connectivity index (χ4v) is 2.28. The number of halogens is 2. The fraction of sp³-hybridized carbons (Fsp3) is 0.238. The summed E-state index contributed by atoms with van der Waals surface area (Å²) in [6, 6.07) is 9.13. The summed E-state index contributed by atoms with van der Waals surface area (Å²) in [5.41, 5.74) is 5.47. The number of rotatable bonds is 6. The molecule has 0 fully saturated rings. The van der Waals surface area contributed by atoms with Crippen molar-refractivity contribution in [2.75, 3.05) is 7.11 Å². The van der Waals surface area contributed by atoms with Crippen molar-refractivity contribution in [3.8, 4) is 22.8 Å². The van der Waals surface area contributed by atoms with Crippen molar-refractivity contribution in [3.63, 3.8) is 0 Å². The molecule has 0 bridgehead atoms. The van der Waals surface area contributed by atoms with Gasteiger partial charge in [0.05, 0.1) is 7.11 Å². The maximum absolute atomic E-state index is 14.1. The molecule has 0 radical (unpaired) electrons. The minimum Gasteiger partial charge on any atom is -0.497 e. The summed E-state index contributed by atoms with van der Waals surface area (Å²) in [5, 5.41) is 0. The van der Waals surface area contributed by atoms with E-state index in [1.165, 1.54) is 12.7 Å². The van der Waals surface area contributed by atoms with Gasteiger partial charge in [0.1, 0.15) is 29.1 Å². The van der Waals surface area contributed by atoms with E-state index in [1.807, 2.05) is 0 Å². The Balaban J connectivity index is 0.000000941. The highest BCUT2D eigenvalue weighted by Gasteiger charge is 2.19. The number of amides is 1. The van der Waals surface area contributed by atoms with Gasteiger partial charge in [-0.2, -0.15) is 0 Å². The smallest absolute Gasteiger partial charge is 0.254 e. The second-order valence-electron chi connectivity index (χ2n) is 5.95. The predicted octanol–water partition coefficient (Wildman–Crippen LogP) is 4.72. The van der Waals surface area contributed by atoms with Gasteiger partial charge in [-0.3, -0.25) is 4.79 Å². The van der Waals surface area contributed by atoms with Gasteiger partial charge in [-0.1, -0.05) is 20.3 Å². The molecule has 0 unspecified atom stereocenters. The van der Waals surface area contributed by atoms with Crippen LogP contribution in [0.15, 0.2) is 47.1 Å². The highest BCUT2D eigenvalue weighted by Crippen LogP contribution is 2.25. The van der Waals surface area contributed by atoms with Crippen LogP contribution in [-0.2, 0) is 6.61 Å². The molecule has 8 heteroatoms. The molecule has 3 rings (SSSR count). The van der Waals surface area contributed by atoms with Crippen molar-refractivity contribution in [1.29, 1.82) is 0 Å². The first-order chi connectivity index (χ1) is 13.9. The number of carbonyl (C=O) groups excluding carboxylic acids is 1. The number of methoxy groups -OCH3 is 1. The van der Waals surface area contributed by atoms with Crippen LogP contribution in [0.3, 0.4) is 0 Å². The molecule has 2 N–H and O–H groups in total. The van der Waals surface area contributed by atoms with E-state index in [9.17, 15) is 13.6 Å². The molecule has 0 aliphatic rings. The van der Waals surface area contributed by atoms with Crippen LogP contribution < -0.4 is 15.2 Å². The van der Waals surface area contributed by atoms with Gasteiger partial charge in [0.2, 0.25) is 5.89 Å². The van der Waals surface area contributed by atoms with Gasteiger partial charge < -0.3 is 19.6 Å². The Hall–Kier alpha value is -3.42. The molecule has 0 saturated carbocycles. The molecular formula is C21H22F2N2O4. The Morgan fingerprint density at radius 1 is 1.14 bits per heavy atom. The Bertz CT molecular complexity index is 956.